The lowest BCUT2D eigenvalue weighted by molar-refractivity contribution is 0.284. The Morgan fingerprint density at radius 3 is 2.68 bits per heavy atom. The van der Waals surface area contributed by atoms with Crippen LogP contribution in [0.1, 0.15) is 11.5 Å². The van der Waals surface area contributed by atoms with Gasteiger partial charge in [0.1, 0.15) is 12.0 Å². The van der Waals surface area contributed by atoms with Crippen molar-refractivity contribution in [1.82, 2.24) is 9.88 Å². The lowest BCUT2D eigenvalue weighted by Gasteiger charge is -2.12. The number of furan rings is 1. The summed E-state index contributed by atoms with van der Waals surface area (Å²) in [6, 6.07) is 7.28. The van der Waals surface area contributed by atoms with Crippen LogP contribution in [0.5, 0.6) is 0 Å². The molecule has 0 spiro atoms. The fraction of sp³-hybridized carbons (Fsp3) is 0.188. The molecule has 114 valence electrons. The van der Waals surface area contributed by atoms with Gasteiger partial charge in [-0.25, -0.2) is 13.8 Å². The average Bonchev–Trinajstić information content (AvgIpc) is 3.13. The van der Waals surface area contributed by atoms with Gasteiger partial charge in [-0.2, -0.15) is 0 Å². The SMILES string of the molecule is CN(Cc1coc(-c2ccc(F)c(F)c2)n1)Cc1ccco1. The molecule has 0 aliphatic rings. The lowest BCUT2D eigenvalue weighted by Crippen LogP contribution is -2.17. The third-order valence-corrected chi connectivity index (χ3v) is 3.16. The molecule has 0 bridgehead atoms. The first-order valence-corrected chi connectivity index (χ1v) is 6.72. The van der Waals surface area contributed by atoms with Crippen LogP contribution >= 0.6 is 0 Å². The van der Waals surface area contributed by atoms with Gasteiger partial charge in [0.2, 0.25) is 5.89 Å². The quantitative estimate of drug-likeness (QED) is 0.718. The highest BCUT2D eigenvalue weighted by Gasteiger charge is 2.12. The van der Waals surface area contributed by atoms with Crippen molar-refractivity contribution in [3.05, 3.63) is 65.9 Å². The summed E-state index contributed by atoms with van der Waals surface area (Å²) in [5.74, 6) is -0.701. The second-order valence-electron chi connectivity index (χ2n) is 5.02. The summed E-state index contributed by atoms with van der Waals surface area (Å²) in [6.07, 6.45) is 3.13. The van der Waals surface area contributed by atoms with E-state index >= 15 is 0 Å². The Labute approximate surface area is 126 Å². The molecular weight excluding hydrogens is 290 g/mol. The molecule has 0 saturated carbocycles. The number of oxazole rings is 1. The Morgan fingerprint density at radius 2 is 1.95 bits per heavy atom. The molecule has 3 rings (SSSR count). The fourth-order valence-corrected chi connectivity index (χ4v) is 2.14. The average molecular weight is 304 g/mol. The van der Waals surface area contributed by atoms with Crippen LogP contribution in [0.2, 0.25) is 0 Å². The van der Waals surface area contributed by atoms with Crippen molar-refractivity contribution in [1.29, 1.82) is 0 Å². The standard InChI is InChI=1S/C16H14F2N2O2/c1-20(9-13-3-2-6-21-13)8-12-10-22-16(19-12)11-4-5-14(17)15(18)7-11/h2-7,10H,8-9H2,1H3. The molecule has 0 radical (unpaired) electrons. The third-order valence-electron chi connectivity index (χ3n) is 3.16. The zero-order valence-corrected chi connectivity index (χ0v) is 11.9. The minimum absolute atomic E-state index is 0.264. The second kappa shape index (κ2) is 6.11. The van der Waals surface area contributed by atoms with Gasteiger partial charge in [0, 0.05) is 12.1 Å². The van der Waals surface area contributed by atoms with E-state index in [0.29, 0.717) is 24.3 Å². The van der Waals surface area contributed by atoms with E-state index in [-0.39, 0.29) is 5.89 Å². The first kappa shape index (κ1) is 14.5. The molecule has 0 fully saturated rings. The van der Waals surface area contributed by atoms with Crippen molar-refractivity contribution in [2.45, 2.75) is 13.1 Å². The Balaban J connectivity index is 1.69. The topological polar surface area (TPSA) is 42.4 Å². The minimum Gasteiger partial charge on any atom is -0.468 e. The molecule has 0 amide bonds. The first-order chi connectivity index (χ1) is 10.6. The first-order valence-electron chi connectivity index (χ1n) is 6.72. The highest BCUT2D eigenvalue weighted by atomic mass is 19.2. The van der Waals surface area contributed by atoms with Gasteiger partial charge in [-0.05, 0) is 37.4 Å². The van der Waals surface area contributed by atoms with Gasteiger partial charge >= 0.3 is 0 Å². The number of halogens is 2. The number of aromatic nitrogens is 1. The molecule has 4 nitrogen and oxygen atoms in total. The number of rotatable bonds is 5. The van der Waals surface area contributed by atoms with Crippen LogP contribution in [-0.2, 0) is 13.1 Å². The van der Waals surface area contributed by atoms with E-state index in [9.17, 15) is 8.78 Å². The predicted molar refractivity (Wildman–Crippen MR) is 75.7 cm³/mol. The van der Waals surface area contributed by atoms with E-state index in [1.807, 2.05) is 24.1 Å². The monoisotopic (exact) mass is 304 g/mol. The summed E-state index contributed by atoms with van der Waals surface area (Å²) in [5.41, 5.74) is 1.10. The maximum Gasteiger partial charge on any atom is 0.226 e. The van der Waals surface area contributed by atoms with Crippen LogP contribution in [-0.4, -0.2) is 16.9 Å². The summed E-state index contributed by atoms with van der Waals surface area (Å²) in [5, 5.41) is 0. The largest absolute Gasteiger partial charge is 0.468 e. The summed E-state index contributed by atoms with van der Waals surface area (Å²) in [4.78, 5) is 6.30. The van der Waals surface area contributed by atoms with E-state index < -0.39 is 11.6 Å². The highest BCUT2D eigenvalue weighted by molar-refractivity contribution is 5.53. The maximum absolute atomic E-state index is 13.2. The number of hydrogen-bond acceptors (Lipinski definition) is 4. The Morgan fingerprint density at radius 1 is 1.09 bits per heavy atom. The Kier molecular flexibility index (Phi) is 4.02. The number of benzene rings is 1. The second-order valence-corrected chi connectivity index (χ2v) is 5.02. The van der Waals surface area contributed by atoms with Crippen molar-refractivity contribution < 1.29 is 17.6 Å². The van der Waals surface area contributed by atoms with E-state index in [1.54, 1.807) is 6.26 Å². The molecule has 2 aromatic heterocycles. The smallest absolute Gasteiger partial charge is 0.226 e. The van der Waals surface area contributed by atoms with Crippen molar-refractivity contribution in [2.75, 3.05) is 7.05 Å². The maximum atomic E-state index is 13.2. The Hall–Kier alpha value is -2.47. The van der Waals surface area contributed by atoms with Gasteiger partial charge in [0.25, 0.3) is 0 Å². The molecule has 0 saturated heterocycles. The molecule has 0 N–H and O–H groups in total. The molecule has 1 aromatic carbocycles. The van der Waals surface area contributed by atoms with E-state index in [4.69, 9.17) is 8.83 Å². The number of nitrogens with zero attached hydrogens (tertiary/aromatic N) is 2. The van der Waals surface area contributed by atoms with Gasteiger partial charge in [-0.3, -0.25) is 4.90 Å². The van der Waals surface area contributed by atoms with Crippen LogP contribution < -0.4 is 0 Å². The van der Waals surface area contributed by atoms with Crippen molar-refractivity contribution in [2.24, 2.45) is 0 Å². The van der Waals surface area contributed by atoms with Crippen LogP contribution in [0.3, 0.4) is 0 Å². The molecular formula is C16H14F2N2O2. The Bertz CT molecular complexity index is 753. The van der Waals surface area contributed by atoms with E-state index in [1.165, 1.54) is 12.3 Å². The summed E-state index contributed by atoms with van der Waals surface area (Å²) in [7, 11) is 1.93. The van der Waals surface area contributed by atoms with Crippen molar-refractivity contribution in [3.8, 4) is 11.5 Å². The number of hydrogen-bond donors (Lipinski definition) is 0. The molecule has 6 heteroatoms. The van der Waals surface area contributed by atoms with E-state index in [0.717, 1.165) is 17.9 Å². The highest BCUT2D eigenvalue weighted by Crippen LogP contribution is 2.21. The normalized spacial score (nSPS) is 11.3. The molecule has 22 heavy (non-hydrogen) atoms. The van der Waals surface area contributed by atoms with Gasteiger partial charge in [-0.15, -0.1) is 0 Å². The molecule has 0 atom stereocenters. The zero-order chi connectivity index (χ0) is 15.5. The molecule has 0 aliphatic carbocycles. The van der Waals surface area contributed by atoms with Crippen molar-refractivity contribution in [3.63, 3.8) is 0 Å². The van der Waals surface area contributed by atoms with Gasteiger partial charge in [0.05, 0.1) is 18.5 Å². The summed E-state index contributed by atoms with van der Waals surface area (Å²) < 4.78 is 36.8. The fourth-order valence-electron chi connectivity index (χ4n) is 2.14. The van der Waals surface area contributed by atoms with Gasteiger partial charge in [0.15, 0.2) is 11.6 Å². The van der Waals surface area contributed by atoms with Gasteiger partial charge < -0.3 is 8.83 Å². The summed E-state index contributed by atoms with van der Waals surface area (Å²) >= 11 is 0. The predicted octanol–water partition coefficient (Wildman–Crippen LogP) is 3.84. The van der Waals surface area contributed by atoms with Crippen LogP contribution in [0, 0.1) is 11.6 Å². The molecule has 2 heterocycles. The third kappa shape index (κ3) is 3.23. The van der Waals surface area contributed by atoms with E-state index in [2.05, 4.69) is 4.98 Å². The molecule has 0 unspecified atom stereocenters. The van der Waals surface area contributed by atoms with Crippen LogP contribution in [0.25, 0.3) is 11.5 Å². The van der Waals surface area contributed by atoms with Crippen molar-refractivity contribution >= 4 is 0 Å². The van der Waals surface area contributed by atoms with Crippen LogP contribution in [0.15, 0.2) is 51.7 Å². The minimum atomic E-state index is -0.924. The lowest BCUT2D eigenvalue weighted by atomic mass is 10.2. The molecule has 0 aliphatic heterocycles. The summed E-state index contributed by atoms with van der Waals surface area (Å²) in [6.45, 7) is 1.19. The zero-order valence-electron chi connectivity index (χ0n) is 11.9. The van der Waals surface area contributed by atoms with Crippen LogP contribution in [0.4, 0.5) is 8.78 Å². The molecule has 3 aromatic rings. The van der Waals surface area contributed by atoms with Gasteiger partial charge in [-0.1, -0.05) is 0 Å².